The van der Waals surface area contributed by atoms with Gasteiger partial charge in [0.2, 0.25) is 0 Å². The van der Waals surface area contributed by atoms with Crippen molar-refractivity contribution in [3.8, 4) is 0 Å². The standard InChI is InChI=1S/C15H14ClNOS/c16-14-5-1-3-11(10-18)15(14)17(12-6-7-12)9-13-4-2-8-19-13/h1-5,8,10,12H,6-7,9H2. The van der Waals surface area contributed by atoms with Gasteiger partial charge in [-0.25, -0.2) is 0 Å². The van der Waals surface area contributed by atoms with Crippen LogP contribution in [0.3, 0.4) is 0 Å². The van der Waals surface area contributed by atoms with Crippen LogP contribution in [0.5, 0.6) is 0 Å². The van der Waals surface area contributed by atoms with E-state index in [-0.39, 0.29) is 0 Å². The van der Waals surface area contributed by atoms with Gasteiger partial charge in [0.05, 0.1) is 17.3 Å². The van der Waals surface area contributed by atoms with Crippen molar-refractivity contribution in [3.63, 3.8) is 0 Å². The van der Waals surface area contributed by atoms with Crippen LogP contribution in [0.15, 0.2) is 35.7 Å². The summed E-state index contributed by atoms with van der Waals surface area (Å²) >= 11 is 8.06. The quantitative estimate of drug-likeness (QED) is 0.762. The number of carbonyl (C=O) groups is 1. The average Bonchev–Trinajstić information content (AvgIpc) is 3.14. The lowest BCUT2D eigenvalue weighted by Gasteiger charge is -2.26. The van der Waals surface area contributed by atoms with Crippen molar-refractivity contribution in [1.29, 1.82) is 0 Å². The number of carbonyl (C=O) groups excluding carboxylic acids is 1. The molecule has 0 N–H and O–H groups in total. The molecule has 1 aliphatic rings. The van der Waals surface area contributed by atoms with Gasteiger partial charge in [-0.1, -0.05) is 23.7 Å². The summed E-state index contributed by atoms with van der Waals surface area (Å²) in [7, 11) is 0. The number of hydrogen-bond acceptors (Lipinski definition) is 3. The molecule has 1 aromatic heterocycles. The maximum Gasteiger partial charge on any atom is 0.152 e. The van der Waals surface area contributed by atoms with Crippen LogP contribution in [0, 0.1) is 0 Å². The lowest BCUT2D eigenvalue weighted by Crippen LogP contribution is -2.26. The molecule has 0 bridgehead atoms. The Kier molecular flexibility index (Phi) is 3.58. The molecule has 0 amide bonds. The first-order chi connectivity index (χ1) is 9.29. The summed E-state index contributed by atoms with van der Waals surface area (Å²) in [6.07, 6.45) is 3.24. The van der Waals surface area contributed by atoms with Crippen LogP contribution in [-0.2, 0) is 6.54 Å². The summed E-state index contributed by atoms with van der Waals surface area (Å²) in [6, 6.07) is 10.2. The molecule has 1 aliphatic carbocycles. The Morgan fingerprint density at radius 3 is 2.79 bits per heavy atom. The minimum absolute atomic E-state index is 0.515. The van der Waals surface area contributed by atoms with Gasteiger partial charge in [0, 0.05) is 16.5 Å². The largest absolute Gasteiger partial charge is 0.362 e. The Balaban J connectivity index is 1.98. The number of anilines is 1. The van der Waals surface area contributed by atoms with Crippen LogP contribution in [0.4, 0.5) is 5.69 Å². The molecule has 4 heteroatoms. The molecule has 0 atom stereocenters. The third-order valence-electron chi connectivity index (χ3n) is 3.33. The second-order valence-electron chi connectivity index (χ2n) is 4.73. The molecule has 0 saturated heterocycles. The van der Waals surface area contributed by atoms with Crippen LogP contribution in [0.2, 0.25) is 5.02 Å². The Morgan fingerprint density at radius 2 is 2.16 bits per heavy atom. The summed E-state index contributed by atoms with van der Waals surface area (Å²) < 4.78 is 0. The lowest BCUT2D eigenvalue weighted by molar-refractivity contribution is 0.112. The van der Waals surface area contributed by atoms with E-state index in [4.69, 9.17) is 11.6 Å². The molecular formula is C15H14ClNOS. The molecule has 98 valence electrons. The fraction of sp³-hybridized carbons (Fsp3) is 0.267. The summed E-state index contributed by atoms with van der Waals surface area (Å²) in [5, 5.41) is 2.74. The molecule has 3 rings (SSSR count). The van der Waals surface area contributed by atoms with Crippen molar-refractivity contribution in [1.82, 2.24) is 0 Å². The van der Waals surface area contributed by atoms with Gasteiger partial charge in [0.1, 0.15) is 0 Å². The highest BCUT2D eigenvalue weighted by Gasteiger charge is 2.31. The Hall–Kier alpha value is -1.32. The molecule has 19 heavy (non-hydrogen) atoms. The van der Waals surface area contributed by atoms with Gasteiger partial charge in [-0.15, -0.1) is 11.3 Å². The maximum atomic E-state index is 11.2. The first-order valence-electron chi connectivity index (χ1n) is 6.32. The van der Waals surface area contributed by atoms with Gasteiger partial charge in [0.15, 0.2) is 6.29 Å². The van der Waals surface area contributed by atoms with E-state index in [0.29, 0.717) is 16.6 Å². The molecule has 1 fully saturated rings. The van der Waals surface area contributed by atoms with Gasteiger partial charge >= 0.3 is 0 Å². The van der Waals surface area contributed by atoms with E-state index in [1.54, 1.807) is 11.3 Å². The fourth-order valence-electron chi connectivity index (χ4n) is 2.28. The number of halogens is 1. The molecule has 1 heterocycles. The maximum absolute atomic E-state index is 11.2. The summed E-state index contributed by atoms with van der Waals surface area (Å²) in [6.45, 7) is 0.826. The van der Waals surface area contributed by atoms with E-state index >= 15 is 0 Å². The zero-order valence-corrected chi connectivity index (χ0v) is 12.0. The van der Waals surface area contributed by atoms with Gasteiger partial charge in [-0.05, 0) is 36.4 Å². The van der Waals surface area contributed by atoms with Crippen LogP contribution in [0.1, 0.15) is 28.1 Å². The number of rotatable bonds is 5. The van der Waals surface area contributed by atoms with Crippen LogP contribution >= 0.6 is 22.9 Å². The van der Waals surface area contributed by atoms with Crippen molar-refractivity contribution >= 4 is 34.9 Å². The van der Waals surface area contributed by atoms with E-state index in [9.17, 15) is 4.79 Å². The molecule has 0 radical (unpaired) electrons. The van der Waals surface area contributed by atoms with E-state index < -0.39 is 0 Å². The molecule has 2 aromatic rings. The van der Waals surface area contributed by atoms with Crippen LogP contribution < -0.4 is 4.90 Å². The summed E-state index contributed by atoms with van der Waals surface area (Å²) in [5.41, 5.74) is 1.56. The van der Waals surface area contributed by atoms with Crippen molar-refractivity contribution in [2.75, 3.05) is 4.90 Å². The smallest absolute Gasteiger partial charge is 0.152 e. The molecule has 0 aliphatic heterocycles. The third kappa shape index (κ3) is 2.67. The Bertz CT molecular complexity index is 578. The Labute approximate surface area is 121 Å². The van der Waals surface area contributed by atoms with Crippen LogP contribution in [-0.4, -0.2) is 12.3 Å². The average molecular weight is 292 g/mol. The number of aldehydes is 1. The monoisotopic (exact) mass is 291 g/mol. The van der Waals surface area contributed by atoms with Crippen molar-refractivity contribution < 1.29 is 4.79 Å². The van der Waals surface area contributed by atoms with Gasteiger partial charge < -0.3 is 4.90 Å². The number of para-hydroxylation sites is 1. The number of benzene rings is 1. The van der Waals surface area contributed by atoms with E-state index in [1.165, 1.54) is 17.7 Å². The summed E-state index contributed by atoms with van der Waals surface area (Å²) in [4.78, 5) is 14.8. The second kappa shape index (κ2) is 5.35. The highest BCUT2D eigenvalue weighted by molar-refractivity contribution is 7.09. The lowest BCUT2D eigenvalue weighted by atomic mass is 10.1. The zero-order chi connectivity index (χ0) is 13.2. The normalized spacial score (nSPS) is 14.4. The van der Waals surface area contributed by atoms with Gasteiger partial charge in [0.25, 0.3) is 0 Å². The molecular weight excluding hydrogens is 278 g/mol. The minimum Gasteiger partial charge on any atom is -0.362 e. The first kappa shape index (κ1) is 12.7. The molecule has 1 saturated carbocycles. The second-order valence-corrected chi connectivity index (χ2v) is 6.17. The molecule has 0 spiro atoms. The SMILES string of the molecule is O=Cc1cccc(Cl)c1N(Cc1cccs1)C1CC1. The van der Waals surface area contributed by atoms with E-state index in [0.717, 1.165) is 18.5 Å². The minimum atomic E-state index is 0.515. The summed E-state index contributed by atoms with van der Waals surface area (Å²) in [5.74, 6) is 0. The highest BCUT2D eigenvalue weighted by Crippen LogP contribution is 2.39. The zero-order valence-electron chi connectivity index (χ0n) is 10.4. The molecule has 1 aromatic carbocycles. The van der Waals surface area contributed by atoms with Crippen molar-refractivity contribution in [3.05, 3.63) is 51.2 Å². The number of nitrogens with zero attached hydrogens (tertiary/aromatic N) is 1. The van der Waals surface area contributed by atoms with Crippen molar-refractivity contribution in [2.24, 2.45) is 0 Å². The predicted octanol–water partition coefficient (Wildman–Crippen LogP) is 4.38. The highest BCUT2D eigenvalue weighted by atomic mass is 35.5. The van der Waals surface area contributed by atoms with E-state index in [1.807, 2.05) is 18.2 Å². The van der Waals surface area contributed by atoms with Gasteiger partial charge in [-0.3, -0.25) is 4.79 Å². The third-order valence-corrected chi connectivity index (χ3v) is 4.49. The molecule has 2 nitrogen and oxygen atoms in total. The van der Waals surface area contributed by atoms with Crippen molar-refractivity contribution in [2.45, 2.75) is 25.4 Å². The predicted molar refractivity (Wildman–Crippen MR) is 80.4 cm³/mol. The van der Waals surface area contributed by atoms with E-state index in [2.05, 4.69) is 22.4 Å². The fourth-order valence-corrected chi connectivity index (χ4v) is 3.27. The number of hydrogen-bond donors (Lipinski definition) is 0. The Morgan fingerprint density at radius 1 is 1.32 bits per heavy atom. The van der Waals surface area contributed by atoms with Gasteiger partial charge in [-0.2, -0.15) is 0 Å². The topological polar surface area (TPSA) is 20.3 Å². The van der Waals surface area contributed by atoms with Crippen LogP contribution in [0.25, 0.3) is 0 Å². The molecule has 0 unspecified atom stereocenters. The first-order valence-corrected chi connectivity index (χ1v) is 7.58. The number of thiophene rings is 1.